The van der Waals surface area contributed by atoms with Crippen LogP contribution in [0, 0.1) is 11.8 Å². The summed E-state index contributed by atoms with van der Waals surface area (Å²) in [5, 5.41) is 13.5. The highest BCUT2D eigenvalue weighted by Gasteiger charge is 2.27. The van der Waals surface area contributed by atoms with Gasteiger partial charge in [0, 0.05) is 11.5 Å². The Labute approximate surface area is 125 Å². The topological polar surface area (TPSA) is 59.2 Å². The molecule has 0 aliphatic heterocycles. The van der Waals surface area contributed by atoms with E-state index in [1.165, 1.54) is 12.8 Å². The van der Waals surface area contributed by atoms with Gasteiger partial charge in [0.15, 0.2) is 5.82 Å². The van der Waals surface area contributed by atoms with Gasteiger partial charge in [-0.25, -0.2) is 0 Å². The molecule has 3 rings (SSSR count). The molecule has 2 aromatic rings. The molecule has 0 atom stereocenters. The van der Waals surface area contributed by atoms with Crippen LogP contribution in [0.5, 0.6) is 5.75 Å². The molecule has 0 unspecified atom stereocenters. The van der Waals surface area contributed by atoms with Crippen molar-refractivity contribution in [1.82, 2.24) is 10.1 Å². The third kappa shape index (κ3) is 3.09. The van der Waals surface area contributed by atoms with Crippen molar-refractivity contribution in [3.63, 3.8) is 0 Å². The first-order chi connectivity index (χ1) is 10.1. The highest BCUT2D eigenvalue weighted by Crippen LogP contribution is 2.38. The summed E-state index contributed by atoms with van der Waals surface area (Å²) in [5.41, 5.74) is 0.849. The van der Waals surface area contributed by atoms with Crippen LogP contribution in [0.2, 0.25) is 0 Å². The monoisotopic (exact) mass is 286 g/mol. The van der Waals surface area contributed by atoms with Crippen LogP contribution in [0.15, 0.2) is 28.8 Å². The third-order valence-electron chi connectivity index (χ3n) is 4.64. The number of aromatic hydroxyl groups is 1. The number of phenols is 1. The normalized spacial score (nSPS) is 22.6. The van der Waals surface area contributed by atoms with Crippen LogP contribution in [0.25, 0.3) is 11.5 Å². The largest absolute Gasteiger partial charge is 0.508 e. The van der Waals surface area contributed by atoms with Gasteiger partial charge in [-0.2, -0.15) is 4.98 Å². The molecule has 1 heterocycles. The van der Waals surface area contributed by atoms with E-state index in [9.17, 15) is 5.11 Å². The SMILES string of the molecule is CC(C)C1CCC(c2noc(-c3ccc(O)cc3)n2)CC1. The molecule has 1 aromatic carbocycles. The lowest BCUT2D eigenvalue weighted by molar-refractivity contribution is 0.252. The Morgan fingerprint density at radius 3 is 2.38 bits per heavy atom. The summed E-state index contributed by atoms with van der Waals surface area (Å²) in [6.07, 6.45) is 4.81. The zero-order valence-corrected chi connectivity index (χ0v) is 12.6. The van der Waals surface area contributed by atoms with Gasteiger partial charge in [0.1, 0.15) is 5.75 Å². The number of hydrogen-bond acceptors (Lipinski definition) is 4. The van der Waals surface area contributed by atoms with E-state index in [1.807, 2.05) is 0 Å². The lowest BCUT2D eigenvalue weighted by Crippen LogP contribution is -2.18. The fourth-order valence-corrected chi connectivity index (χ4v) is 3.17. The zero-order valence-electron chi connectivity index (χ0n) is 12.6. The molecule has 1 aliphatic carbocycles. The summed E-state index contributed by atoms with van der Waals surface area (Å²) in [6, 6.07) is 6.85. The molecular weight excluding hydrogens is 264 g/mol. The molecule has 112 valence electrons. The Bertz CT molecular complexity index is 581. The third-order valence-corrected chi connectivity index (χ3v) is 4.64. The fourth-order valence-electron chi connectivity index (χ4n) is 3.17. The minimum atomic E-state index is 0.241. The zero-order chi connectivity index (χ0) is 14.8. The van der Waals surface area contributed by atoms with Gasteiger partial charge >= 0.3 is 0 Å². The lowest BCUT2D eigenvalue weighted by Gasteiger charge is -2.29. The smallest absolute Gasteiger partial charge is 0.257 e. The predicted molar refractivity (Wildman–Crippen MR) is 80.9 cm³/mol. The molecule has 1 saturated carbocycles. The van der Waals surface area contributed by atoms with E-state index < -0.39 is 0 Å². The van der Waals surface area contributed by atoms with Gasteiger partial charge in [-0.15, -0.1) is 0 Å². The highest BCUT2D eigenvalue weighted by molar-refractivity contribution is 5.54. The average molecular weight is 286 g/mol. The van der Waals surface area contributed by atoms with E-state index in [-0.39, 0.29) is 5.75 Å². The Morgan fingerprint density at radius 1 is 1.10 bits per heavy atom. The second kappa shape index (κ2) is 5.88. The van der Waals surface area contributed by atoms with Gasteiger partial charge in [-0.3, -0.25) is 0 Å². The van der Waals surface area contributed by atoms with Crippen molar-refractivity contribution in [3.05, 3.63) is 30.1 Å². The van der Waals surface area contributed by atoms with Gasteiger partial charge in [-0.05, 0) is 61.8 Å². The molecule has 1 N–H and O–H groups in total. The maximum absolute atomic E-state index is 9.32. The van der Waals surface area contributed by atoms with Gasteiger partial charge in [0.2, 0.25) is 0 Å². The molecule has 21 heavy (non-hydrogen) atoms. The Morgan fingerprint density at radius 2 is 1.76 bits per heavy atom. The summed E-state index contributed by atoms with van der Waals surface area (Å²) in [4.78, 5) is 4.54. The van der Waals surface area contributed by atoms with Crippen LogP contribution in [0.4, 0.5) is 0 Å². The van der Waals surface area contributed by atoms with E-state index in [2.05, 4.69) is 24.0 Å². The number of aromatic nitrogens is 2. The average Bonchev–Trinajstić information content (AvgIpc) is 2.98. The first-order valence-corrected chi connectivity index (χ1v) is 7.76. The fraction of sp³-hybridized carbons (Fsp3) is 0.529. The molecule has 1 aliphatic rings. The molecule has 4 nitrogen and oxygen atoms in total. The first-order valence-electron chi connectivity index (χ1n) is 7.76. The van der Waals surface area contributed by atoms with Crippen molar-refractivity contribution >= 4 is 0 Å². The molecule has 0 amide bonds. The minimum Gasteiger partial charge on any atom is -0.508 e. The van der Waals surface area contributed by atoms with Gasteiger partial charge in [0.25, 0.3) is 5.89 Å². The van der Waals surface area contributed by atoms with E-state index in [0.29, 0.717) is 11.8 Å². The van der Waals surface area contributed by atoms with Crippen LogP contribution in [-0.2, 0) is 0 Å². The van der Waals surface area contributed by atoms with Crippen molar-refractivity contribution < 1.29 is 9.63 Å². The van der Waals surface area contributed by atoms with Gasteiger partial charge < -0.3 is 9.63 Å². The van der Waals surface area contributed by atoms with E-state index in [0.717, 1.165) is 36.1 Å². The van der Waals surface area contributed by atoms with Crippen LogP contribution in [-0.4, -0.2) is 15.2 Å². The molecule has 4 heteroatoms. The molecular formula is C17H22N2O2. The number of rotatable bonds is 3. The standard InChI is InChI=1S/C17H22N2O2/c1-11(2)12-3-5-13(6-4-12)16-18-17(21-19-16)14-7-9-15(20)10-8-14/h7-13,20H,3-6H2,1-2H3. The maximum Gasteiger partial charge on any atom is 0.257 e. The van der Waals surface area contributed by atoms with E-state index in [4.69, 9.17) is 4.52 Å². The first kappa shape index (κ1) is 14.1. The van der Waals surface area contributed by atoms with Crippen molar-refractivity contribution in [2.45, 2.75) is 45.4 Å². The van der Waals surface area contributed by atoms with Crippen molar-refractivity contribution in [2.75, 3.05) is 0 Å². The van der Waals surface area contributed by atoms with Gasteiger partial charge in [0.05, 0.1) is 0 Å². The molecule has 0 radical (unpaired) electrons. The van der Waals surface area contributed by atoms with Crippen LogP contribution < -0.4 is 0 Å². The number of phenolic OH excluding ortho intramolecular Hbond substituents is 1. The van der Waals surface area contributed by atoms with Crippen molar-refractivity contribution in [2.24, 2.45) is 11.8 Å². The van der Waals surface area contributed by atoms with Crippen LogP contribution in [0.1, 0.15) is 51.3 Å². The molecule has 0 bridgehead atoms. The maximum atomic E-state index is 9.32. The highest BCUT2D eigenvalue weighted by atomic mass is 16.5. The van der Waals surface area contributed by atoms with Crippen LogP contribution in [0.3, 0.4) is 0 Å². The Hall–Kier alpha value is -1.84. The lowest BCUT2D eigenvalue weighted by atomic mass is 9.77. The molecule has 0 spiro atoms. The second-order valence-electron chi connectivity index (χ2n) is 6.36. The summed E-state index contributed by atoms with van der Waals surface area (Å²) < 4.78 is 5.38. The van der Waals surface area contributed by atoms with Crippen LogP contribution >= 0.6 is 0 Å². The Kier molecular flexibility index (Phi) is 3.95. The minimum absolute atomic E-state index is 0.241. The molecule has 1 aromatic heterocycles. The second-order valence-corrected chi connectivity index (χ2v) is 6.36. The number of hydrogen-bond donors (Lipinski definition) is 1. The van der Waals surface area contributed by atoms with Gasteiger partial charge in [-0.1, -0.05) is 19.0 Å². The molecule has 0 saturated heterocycles. The summed E-state index contributed by atoms with van der Waals surface area (Å²) in [7, 11) is 0. The summed E-state index contributed by atoms with van der Waals surface area (Å²) in [6.45, 7) is 4.62. The van der Waals surface area contributed by atoms with E-state index >= 15 is 0 Å². The summed E-state index contributed by atoms with van der Waals surface area (Å²) in [5.74, 6) is 3.64. The Balaban J connectivity index is 1.70. The number of benzene rings is 1. The number of nitrogens with zero attached hydrogens (tertiary/aromatic N) is 2. The molecule has 1 fully saturated rings. The summed E-state index contributed by atoms with van der Waals surface area (Å²) >= 11 is 0. The quantitative estimate of drug-likeness (QED) is 0.910. The van der Waals surface area contributed by atoms with Crippen molar-refractivity contribution in [3.8, 4) is 17.2 Å². The predicted octanol–water partition coefficient (Wildman–Crippen LogP) is 4.37. The van der Waals surface area contributed by atoms with Crippen molar-refractivity contribution in [1.29, 1.82) is 0 Å². The van der Waals surface area contributed by atoms with E-state index in [1.54, 1.807) is 24.3 Å².